The molecule has 1 heterocycles. The molecule has 3 heteroatoms. The Kier molecular flexibility index (Phi) is 1.70. The number of amides is 1. The molecule has 0 radical (unpaired) electrons. The van der Waals surface area contributed by atoms with Crippen LogP contribution in [0.5, 0.6) is 0 Å². The fourth-order valence-electron chi connectivity index (χ4n) is 1.26. The highest BCUT2D eigenvalue weighted by molar-refractivity contribution is 6.41. The van der Waals surface area contributed by atoms with Gasteiger partial charge in [-0.2, -0.15) is 0 Å². The van der Waals surface area contributed by atoms with Gasteiger partial charge in [0.2, 0.25) is 0 Å². The van der Waals surface area contributed by atoms with Gasteiger partial charge in [-0.1, -0.05) is 35.9 Å². The fourth-order valence-corrected chi connectivity index (χ4v) is 1.49. The average Bonchev–Trinajstić information content (AvgIpc) is 2.12. The molecule has 0 bridgehead atoms. The van der Waals surface area contributed by atoms with E-state index in [9.17, 15) is 4.79 Å². The third-order valence-corrected chi connectivity index (χ3v) is 2.19. The van der Waals surface area contributed by atoms with E-state index in [1.54, 1.807) is 6.08 Å². The minimum atomic E-state index is -0.257. The number of hydrogen-bond acceptors (Lipinski definition) is 1. The summed E-state index contributed by atoms with van der Waals surface area (Å²) in [6.07, 6.45) is 8.74. The summed E-state index contributed by atoms with van der Waals surface area (Å²) in [7, 11) is 0. The van der Waals surface area contributed by atoms with Crippen molar-refractivity contribution in [3.05, 3.63) is 34.9 Å². The molecule has 60 valence electrons. The van der Waals surface area contributed by atoms with E-state index in [1.165, 1.54) is 6.21 Å². The van der Waals surface area contributed by atoms with Gasteiger partial charge in [-0.3, -0.25) is 4.79 Å². The Hall–Kier alpha value is -1.15. The maximum atomic E-state index is 11.2. The van der Waals surface area contributed by atoms with Crippen LogP contribution >= 0.6 is 11.6 Å². The lowest BCUT2D eigenvalue weighted by molar-refractivity contribution is -0.119. The van der Waals surface area contributed by atoms with Crippen molar-refractivity contribution in [1.29, 1.82) is 0 Å². The van der Waals surface area contributed by atoms with Crippen LogP contribution in [0.3, 0.4) is 0 Å². The Morgan fingerprint density at radius 1 is 1.42 bits per heavy atom. The highest BCUT2D eigenvalue weighted by Gasteiger charge is 2.24. The number of fused-ring (bicyclic) bond motifs is 1. The highest BCUT2D eigenvalue weighted by Crippen LogP contribution is 2.27. The summed E-state index contributed by atoms with van der Waals surface area (Å²) in [4.78, 5) is 14.9. The topological polar surface area (TPSA) is 29.4 Å². The zero-order chi connectivity index (χ0) is 8.55. The summed E-state index contributed by atoms with van der Waals surface area (Å²) in [6.45, 7) is 0. The molecule has 0 saturated heterocycles. The predicted octanol–water partition coefficient (Wildman–Crippen LogP) is 1.83. The number of aliphatic imine (C=N–C) groups is 1. The van der Waals surface area contributed by atoms with Crippen LogP contribution in [0.15, 0.2) is 39.9 Å². The van der Waals surface area contributed by atoms with Crippen molar-refractivity contribution >= 4 is 23.7 Å². The van der Waals surface area contributed by atoms with Gasteiger partial charge in [0.25, 0.3) is 5.91 Å². The summed E-state index contributed by atoms with van der Waals surface area (Å²) in [5.41, 5.74) is 0.846. The molecule has 0 saturated carbocycles. The second kappa shape index (κ2) is 2.72. The molecule has 2 aliphatic rings. The Balaban J connectivity index is 2.51. The number of nitrogens with zero attached hydrogens (tertiary/aromatic N) is 1. The molecule has 0 aromatic carbocycles. The van der Waals surface area contributed by atoms with Crippen LogP contribution in [0.1, 0.15) is 0 Å². The van der Waals surface area contributed by atoms with Gasteiger partial charge in [-0.05, 0) is 5.57 Å². The van der Waals surface area contributed by atoms with Crippen LogP contribution in [0.4, 0.5) is 0 Å². The molecule has 0 fully saturated rings. The Morgan fingerprint density at radius 2 is 2.25 bits per heavy atom. The Morgan fingerprint density at radius 3 is 3.00 bits per heavy atom. The first kappa shape index (κ1) is 7.50. The Labute approximate surface area is 74.9 Å². The van der Waals surface area contributed by atoms with Crippen molar-refractivity contribution < 1.29 is 4.79 Å². The third-order valence-electron chi connectivity index (χ3n) is 1.87. The minimum Gasteiger partial charge on any atom is -0.272 e. The van der Waals surface area contributed by atoms with Crippen molar-refractivity contribution in [3.8, 4) is 0 Å². The van der Waals surface area contributed by atoms with Crippen molar-refractivity contribution in [3.63, 3.8) is 0 Å². The smallest absolute Gasteiger partial charge is 0.257 e. The molecule has 0 aromatic heterocycles. The van der Waals surface area contributed by atoms with Gasteiger partial charge in [0.05, 0.1) is 11.0 Å². The van der Waals surface area contributed by atoms with Crippen LogP contribution in [-0.2, 0) is 4.79 Å². The van der Waals surface area contributed by atoms with Crippen LogP contribution in [0.2, 0.25) is 0 Å². The molecule has 2 nitrogen and oxygen atoms in total. The van der Waals surface area contributed by atoms with Gasteiger partial charge >= 0.3 is 0 Å². The zero-order valence-corrected chi connectivity index (χ0v) is 6.95. The van der Waals surface area contributed by atoms with Crippen molar-refractivity contribution in [1.82, 2.24) is 0 Å². The van der Waals surface area contributed by atoms with Crippen LogP contribution in [0, 0.1) is 5.92 Å². The molecule has 0 aromatic rings. The second-order valence-electron chi connectivity index (χ2n) is 2.62. The third kappa shape index (κ3) is 1.04. The maximum absolute atomic E-state index is 11.2. The van der Waals surface area contributed by atoms with Crippen LogP contribution in [-0.4, -0.2) is 12.1 Å². The van der Waals surface area contributed by atoms with E-state index in [2.05, 4.69) is 4.99 Å². The molecule has 12 heavy (non-hydrogen) atoms. The largest absolute Gasteiger partial charge is 0.272 e. The van der Waals surface area contributed by atoms with Crippen molar-refractivity contribution in [2.75, 3.05) is 0 Å². The highest BCUT2D eigenvalue weighted by atomic mass is 35.5. The monoisotopic (exact) mass is 179 g/mol. The lowest BCUT2D eigenvalue weighted by Crippen LogP contribution is -2.18. The second-order valence-corrected chi connectivity index (χ2v) is 3.03. The minimum absolute atomic E-state index is 0.144. The summed E-state index contributed by atoms with van der Waals surface area (Å²) in [5, 5.41) is 0.556. The summed E-state index contributed by atoms with van der Waals surface area (Å²) >= 11 is 5.85. The molecule has 1 amide bonds. The van der Waals surface area contributed by atoms with Gasteiger partial charge in [0.15, 0.2) is 0 Å². The van der Waals surface area contributed by atoms with Crippen molar-refractivity contribution in [2.24, 2.45) is 10.9 Å². The average molecular weight is 180 g/mol. The molecule has 0 spiro atoms. The molecule has 1 aliphatic carbocycles. The SMILES string of the molecule is O=C1N=CC(Cl)=C2C=CC=CC12. The van der Waals surface area contributed by atoms with Gasteiger partial charge in [-0.25, -0.2) is 4.99 Å². The van der Waals surface area contributed by atoms with Crippen molar-refractivity contribution in [2.45, 2.75) is 0 Å². The number of halogens is 1. The molecular weight excluding hydrogens is 174 g/mol. The van der Waals surface area contributed by atoms with E-state index in [-0.39, 0.29) is 11.8 Å². The molecule has 1 unspecified atom stereocenters. The first-order valence-corrected chi connectivity index (χ1v) is 3.99. The van der Waals surface area contributed by atoms with E-state index in [0.717, 1.165) is 5.57 Å². The first-order chi connectivity index (χ1) is 5.79. The van der Waals surface area contributed by atoms with E-state index in [4.69, 9.17) is 11.6 Å². The predicted molar refractivity (Wildman–Crippen MR) is 48.1 cm³/mol. The maximum Gasteiger partial charge on any atom is 0.257 e. The van der Waals surface area contributed by atoms with E-state index < -0.39 is 0 Å². The molecule has 2 rings (SSSR count). The number of carbonyl (C=O) groups excluding carboxylic acids is 1. The first-order valence-electron chi connectivity index (χ1n) is 3.61. The number of rotatable bonds is 0. The molecule has 1 atom stereocenters. The number of carbonyl (C=O) groups is 1. The zero-order valence-electron chi connectivity index (χ0n) is 6.20. The number of dihydropyridines is 1. The standard InChI is InChI=1S/C9H6ClNO/c10-8-5-11-9(12)7-4-2-1-3-6(7)8/h1-5,7H. The van der Waals surface area contributed by atoms with Gasteiger partial charge in [-0.15, -0.1) is 0 Å². The molecular formula is C9H6ClNO. The van der Waals surface area contributed by atoms with Gasteiger partial charge < -0.3 is 0 Å². The summed E-state index contributed by atoms with van der Waals surface area (Å²) in [6, 6.07) is 0. The quantitative estimate of drug-likeness (QED) is 0.558. The summed E-state index contributed by atoms with van der Waals surface area (Å²) in [5.74, 6) is -0.400. The van der Waals surface area contributed by atoms with E-state index in [1.807, 2.05) is 18.2 Å². The lowest BCUT2D eigenvalue weighted by atomic mass is 9.92. The van der Waals surface area contributed by atoms with Gasteiger partial charge in [0, 0.05) is 6.21 Å². The Bertz CT molecular complexity index is 350. The van der Waals surface area contributed by atoms with Gasteiger partial charge in [0.1, 0.15) is 0 Å². The number of allylic oxidation sites excluding steroid dienone is 4. The summed E-state index contributed by atoms with van der Waals surface area (Å²) < 4.78 is 0. The van der Waals surface area contributed by atoms with E-state index in [0.29, 0.717) is 5.03 Å². The van der Waals surface area contributed by atoms with Crippen LogP contribution < -0.4 is 0 Å². The normalized spacial score (nSPS) is 26.4. The molecule has 0 N–H and O–H groups in total. The van der Waals surface area contributed by atoms with E-state index >= 15 is 0 Å². The fraction of sp³-hybridized carbons (Fsp3) is 0.111. The van der Waals surface area contributed by atoms with Crippen LogP contribution in [0.25, 0.3) is 0 Å². The lowest BCUT2D eigenvalue weighted by Gasteiger charge is -2.17. The number of hydrogen-bond donors (Lipinski definition) is 0. The molecule has 1 aliphatic heterocycles.